The first kappa shape index (κ1) is 24.9. The zero-order valence-corrected chi connectivity index (χ0v) is 19.3. The van der Waals surface area contributed by atoms with Gasteiger partial charge in [-0.25, -0.2) is 9.67 Å². The number of aromatic nitrogens is 3. The van der Waals surface area contributed by atoms with Gasteiger partial charge in [-0.1, -0.05) is 19.9 Å². The summed E-state index contributed by atoms with van der Waals surface area (Å²) in [4.78, 5) is 31.3. The van der Waals surface area contributed by atoms with Gasteiger partial charge in [-0.15, -0.1) is 0 Å². The van der Waals surface area contributed by atoms with Crippen molar-refractivity contribution in [2.45, 2.75) is 39.8 Å². The lowest BCUT2D eigenvalue weighted by molar-refractivity contribution is -0.137. The van der Waals surface area contributed by atoms with E-state index in [4.69, 9.17) is 0 Å². The fraction of sp³-hybridized carbons (Fsp3) is 0.333. The summed E-state index contributed by atoms with van der Waals surface area (Å²) in [5.41, 5.74) is 0.789. The van der Waals surface area contributed by atoms with Crippen LogP contribution in [0.4, 0.5) is 18.9 Å². The topological polar surface area (TPSA) is 80.1 Å². The molecule has 0 aliphatic heterocycles. The molecular formula is C24H26F3N5O2. The molecule has 0 fully saturated rings. The lowest BCUT2D eigenvalue weighted by Gasteiger charge is -2.19. The Labute approximate surface area is 195 Å². The number of amides is 2. The van der Waals surface area contributed by atoms with E-state index in [1.54, 1.807) is 29.2 Å². The molecule has 2 heterocycles. The standard InChI is InChI=1S/C24H26F3N5O2/c1-5-31(6-2)23(34)16-8-7-9-18(12-16)30-22(33)19-14-29-32(21(19)15(3)4)20-11-10-17(13-28-20)24(25,26)27/h7-15H,5-6H2,1-4H3,(H,30,33). The minimum atomic E-state index is -4.50. The quantitative estimate of drug-likeness (QED) is 0.515. The smallest absolute Gasteiger partial charge is 0.339 e. The van der Waals surface area contributed by atoms with Crippen molar-refractivity contribution in [1.82, 2.24) is 19.7 Å². The van der Waals surface area contributed by atoms with Gasteiger partial charge in [0.15, 0.2) is 5.82 Å². The minimum absolute atomic E-state index is 0.134. The molecule has 0 unspecified atom stereocenters. The lowest BCUT2D eigenvalue weighted by atomic mass is 10.0. The average Bonchev–Trinajstić information content (AvgIpc) is 3.25. The molecule has 180 valence electrons. The number of hydrogen-bond donors (Lipinski definition) is 1. The summed E-state index contributed by atoms with van der Waals surface area (Å²) < 4.78 is 40.0. The van der Waals surface area contributed by atoms with Gasteiger partial charge in [-0.05, 0) is 50.1 Å². The van der Waals surface area contributed by atoms with E-state index in [1.807, 2.05) is 27.7 Å². The van der Waals surface area contributed by atoms with Crippen molar-refractivity contribution in [3.63, 3.8) is 0 Å². The van der Waals surface area contributed by atoms with Crippen molar-refractivity contribution in [1.29, 1.82) is 0 Å². The predicted molar refractivity (Wildman–Crippen MR) is 122 cm³/mol. The van der Waals surface area contributed by atoms with Gasteiger partial charge in [-0.3, -0.25) is 9.59 Å². The molecule has 0 radical (unpaired) electrons. The second kappa shape index (κ2) is 10.1. The summed E-state index contributed by atoms with van der Waals surface area (Å²) in [5, 5.41) is 6.99. The average molecular weight is 473 g/mol. The maximum absolute atomic E-state index is 13.1. The summed E-state index contributed by atoms with van der Waals surface area (Å²) >= 11 is 0. The number of anilines is 1. The van der Waals surface area contributed by atoms with E-state index in [9.17, 15) is 22.8 Å². The van der Waals surface area contributed by atoms with Crippen molar-refractivity contribution in [3.05, 3.63) is 71.2 Å². The number of nitrogens with one attached hydrogen (secondary N) is 1. The molecule has 10 heteroatoms. The Morgan fingerprint density at radius 1 is 1.09 bits per heavy atom. The number of carbonyl (C=O) groups excluding carboxylic acids is 2. The first-order chi connectivity index (χ1) is 16.1. The Hall–Kier alpha value is -3.69. The van der Waals surface area contributed by atoms with E-state index >= 15 is 0 Å². The summed E-state index contributed by atoms with van der Waals surface area (Å²) in [6, 6.07) is 8.79. The highest BCUT2D eigenvalue weighted by Crippen LogP contribution is 2.29. The van der Waals surface area contributed by atoms with Gasteiger partial charge in [0.25, 0.3) is 11.8 Å². The Bertz CT molecular complexity index is 1170. The number of nitrogens with zero attached hydrogens (tertiary/aromatic N) is 4. The molecule has 0 aliphatic carbocycles. The third kappa shape index (κ3) is 5.27. The highest BCUT2D eigenvalue weighted by molar-refractivity contribution is 6.06. The van der Waals surface area contributed by atoms with Gasteiger partial charge in [0, 0.05) is 30.5 Å². The molecule has 2 aromatic heterocycles. The second-order valence-electron chi connectivity index (χ2n) is 7.93. The van der Waals surface area contributed by atoms with Crippen LogP contribution in [0.25, 0.3) is 5.82 Å². The van der Waals surface area contributed by atoms with Crippen molar-refractivity contribution in [2.75, 3.05) is 18.4 Å². The van der Waals surface area contributed by atoms with Crippen molar-refractivity contribution < 1.29 is 22.8 Å². The Morgan fingerprint density at radius 2 is 1.79 bits per heavy atom. The molecule has 0 saturated carbocycles. The van der Waals surface area contributed by atoms with Crippen LogP contribution in [-0.2, 0) is 6.18 Å². The highest BCUT2D eigenvalue weighted by Gasteiger charge is 2.31. The van der Waals surface area contributed by atoms with E-state index < -0.39 is 17.6 Å². The van der Waals surface area contributed by atoms with E-state index in [2.05, 4.69) is 15.4 Å². The highest BCUT2D eigenvalue weighted by atomic mass is 19.4. The molecule has 0 bridgehead atoms. The van der Waals surface area contributed by atoms with E-state index in [0.29, 0.717) is 30.0 Å². The molecule has 1 N–H and O–H groups in total. The SMILES string of the molecule is CCN(CC)C(=O)c1cccc(NC(=O)c2cnn(-c3ccc(C(F)(F)F)cn3)c2C(C)C)c1. The summed E-state index contributed by atoms with van der Waals surface area (Å²) in [7, 11) is 0. The Morgan fingerprint density at radius 3 is 2.35 bits per heavy atom. The first-order valence-electron chi connectivity index (χ1n) is 10.9. The van der Waals surface area contributed by atoms with Crippen LogP contribution in [0.1, 0.15) is 65.6 Å². The molecular weight excluding hydrogens is 447 g/mol. The molecule has 0 atom stereocenters. The maximum Gasteiger partial charge on any atom is 0.417 e. The number of benzene rings is 1. The first-order valence-corrected chi connectivity index (χ1v) is 10.9. The molecule has 34 heavy (non-hydrogen) atoms. The zero-order valence-electron chi connectivity index (χ0n) is 19.3. The third-order valence-electron chi connectivity index (χ3n) is 5.31. The van der Waals surface area contributed by atoms with Crippen molar-refractivity contribution >= 4 is 17.5 Å². The molecule has 0 saturated heterocycles. The Balaban J connectivity index is 1.89. The number of rotatable bonds is 7. The number of hydrogen-bond acceptors (Lipinski definition) is 4. The van der Waals surface area contributed by atoms with Gasteiger partial charge in [-0.2, -0.15) is 18.3 Å². The van der Waals surface area contributed by atoms with Gasteiger partial charge < -0.3 is 10.2 Å². The molecule has 0 spiro atoms. The summed E-state index contributed by atoms with van der Waals surface area (Å²) in [6.45, 7) is 8.62. The summed E-state index contributed by atoms with van der Waals surface area (Å²) in [5.74, 6) is -0.593. The maximum atomic E-state index is 13.1. The van der Waals surface area contributed by atoms with Gasteiger partial charge >= 0.3 is 6.18 Å². The third-order valence-corrected chi connectivity index (χ3v) is 5.31. The van der Waals surface area contributed by atoms with Gasteiger partial charge in [0.2, 0.25) is 0 Å². The van der Waals surface area contributed by atoms with Crippen LogP contribution in [0, 0.1) is 0 Å². The molecule has 3 rings (SSSR count). The Kier molecular flexibility index (Phi) is 7.38. The molecule has 3 aromatic rings. The number of pyridine rings is 1. The normalized spacial score (nSPS) is 11.5. The fourth-order valence-corrected chi connectivity index (χ4v) is 3.57. The second-order valence-corrected chi connectivity index (χ2v) is 7.93. The van der Waals surface area contributed by atoms with Crippen LogP contribution < -0.4 is 5.32 Å². The largest absolute Gasteiger partial charge is 0.417 e. The van der Waals surface area contributed by atoms with Crippen LogP contribution in [0.5, 0.6) is 0 Å². The zero-order chi connectivity index (χ0) is 25.0. The van der Waals surface area contributed by atoms with Crippen LogP contribution in [0.3, 0.4) is 0 Å². The number of halogens is 3. The molecule has 2 amide bonds. The minimum Gasteiger partial charge on any atom is -0.339 e. The van der Waals surface area contributed by atoms with Crippen molar-refractivity contribution in [2.24, 2.45) is 0 Å². The van der Waals surface area contributed by atoms with Crippen molar-refractivity contribution in [3.8, 4) is 5.82 Å². The number of alkyl halides is 3. The van der Waals surface area contributed by atoms with Gasteiger partial charge in [0.05, 0.1) is 23.0 Å². The van der Waals surface area contributed by atoms with Crippen LogP contribution in [-0.4, -0.2) is 44.6 Å². The molecule has 7 nitrogen and oxygen atoms in total. The van der Waals surface area contributed by atoms with Crippen LogP contribution in [0.15, 0.2) is 48.8 Å². The van der Waals surface area contributed by atoms with Crippen LogP contribution >= 0.6 is 0 Å². The lowest BCUT2D eigenvalue weighted by Crippen LogP contribution is -2.30. The predicted octanol–water partition coefficient (Wildman–Crippen LogP) is 5.14. The molecule has 1 aromatic carbocycles. The monoisotopic (exact) mass is 473 g/mol. The molecule has 0 aliphatic rings. The fourth-order valence-electron chi connectivity index (χ4n) is 3.57. The van der Waals surface area contributed by atoms with Crippen LogP contribution in [0.2, 0.25) is 0 Å². The number of carbonyl (C=O) groups is 2. The van der Waals surface area contributed by atoms with Gasteiger partial charge in [0.1, 0.15) is 0 Å². The van der Waals surface area contributed by atoms with E-state index in [0.717, 1.165) is 12.3 Å². The van der Waals surface area contributed by atoms with E-state index in [1.165, 1.54) is 16.9 Å². The van der Waals surface area contributed by atoms with E-state index in [-0.39, 0.29) is 23.2 Å². The summed E-state index contributed by atoms with van der Waals surface area (Å²) in [6.07, 6.45) is -2.41.